The third-order valence-electron chi connectivity index (χ3n) is 2.77. The highest BCUT2D eigenvalue weighted by Gasteiger charge is 2.10. The van der Waals surface area contributed by atoms with Gasteiger partial charge in [0.2, 0.25) is 0 Å². The number of benzene rings is 1. The Balaban J connectivity index is 2.52. The van der Waals surface area contributed by atoms with Gasteiger partial charge < -0.3 is 5.21 Å². The Morgan fingerprint density at radius 1 is 1.22 bits per heavy atom. The summed E-state index contributed by atoms with van der Waals surface area (Å²) in [6.07, 6.45) is 5.33. The highest BCUT2D eigenvalue weighted by atomic mass is 16.4. The molecule has 0 amide bonds. The van der Waals surface area contributed by atoms with E-state index in [4.69, 9.17) is 5.21 Å². The molecule has 1 aliphatic rings. The smallest absolute Gasteiger partial charge is 0.105 e. The van der Waals surface area contributed by atoms with Crippen LogP contribution in [0.25, 0.3) is 5.57 Å². The van der Waals surface area contributed by atoms with Gasteiger partial charge in [0.1, 0.15) is 11.8 Å². The van der Waals surface area contributed by atoms with Crippen LogP contribution in [0.15, 0.2) is 64.9 Å². The van der Waals surface area contributed by atoms with Crippen molar-refractivity contribution in [2.45, 2.75) is 6.92 Å². The third kappa shape index (κ3) is 2.23. The molecule has 0 spiro atoms. The average Bonchev–Trinajstić information content (AvgIpc) is 2.41. The molecule has 1 aliphatic carbocycles. The first-order valence-corrected chi connectivity index (χ1v) is 5.55. The zero-order chi connectivity index (χ0) is 13.0. The molecule has 0 saturated carbocycles. The van der Waals surface area contributed by atoms with Gasteiger partial charge in [-0.05, 0) is 35.8 Å². The Morgan fingerprint density at radius 3 is 2.50 bits per heavy atom. The van der Waals surface area contributed by atoms with E-state index in [0.29, 0.717) is 11.3 Å². The molecule has 0 unspecified atom stereocenters. The zero-order valence-electron chi connectivity index (χ0n) is 9.96. The van der Waals surface area contributed by atoms with Crippen LogP contribution in [0.1, 0.15) is 12.5 Å². The van der Waals surface area contributed by atoms with Gasteiger partial charge in [0, 0.05) is 0 Å². The normalized spacial score (nSPS) is 19.3. The van der Waals surface area contributed by atoms with Crippen molar-refractivity contribution in [3.63, 3.8) is 0 Å². The van der Waals surface area contributed by atoms with Crippen LogP contribution in [-0.2, 0) is 0 Å². The number of hydrogen-bond donors (Lipinski definition) is 1. The van der Waals surface area contributed by atoms with E-state index in [-0.39, 0.29) is 0 Å². The quantitative estimate of drug-likeness (QED) is 0.462. The van der Waals surface area contributed by atoms with Crippen LogP contribution in [0.5, 0.6) is 0 Å². The molecule has 0 heterocycles. The van der Waals surface area contributed by atoms with E-state index in [2.05, 4.69) is 11.2 Å². The van der Waals surface area contributed by atoms with Crippen molar-refractivity contribution in [3.05, 3.63) is 65.3 Å². The summed E-state index contributed by atoms with van der Waals surface area (Å²) in [6, 6.07) is 11.7. The zero-order valence-corrected chi connectivity index (χ0v) is 9.96. The van der Waals surface area contributed by atoms with Crippen molar-refractivity contribution in [1.82, 2.24) is 0 Å². The van der Waals surface area contributed by atoms with Crippen LogP contribution in [0.2, 0.25) is 0 Å². The Labute approximate surface area is 106 Å². The molecule has 2 rings (SSSR count). The molecule has 0 bridgehead atoms. The van der Waals surface area contributed by atoms with Gasteiger partial charge in [-0.2, -0.15) is 5.26 Å². The maximum atomic E-state index is 9.29. The fraction of sp³-hybridized carbons (Fsp3) is 0.0667. The molecule has 0 fully saturated rings. The van der Waals surface area contributed by atoms with E-state index in [1.807, 2.05) is 43.3 Å². The lowest BCUT2D eigenvalue weighted by atomic mass is 9.94. The third-order valence-corrected chi connectivity index (χ3v) is 2.77. The van der Waals surface area contributed by atoms with E-state index >= 15 is 0 Å². The number of allylic oxidation sites excluding steroid dienone is 6. The van der Waals surface area contributed by atoms with Gasteiger partial charge in [0.15, 0.2) is 0 Å². The van der Waals surface area contributed by atoms with E-state index in [9.17, 15) is 5.26 Å². The summed E-state index contributed by atoms with van der Waals surface area (Å²) in [5.74, 6) is 0. The summed E-state index contributed by atoms with van der Waals surface area (Å²) in [5, 5.41) is 21.2. The summed E-state index contributed by atoms with van der Waals surface area (Å²) in [4.78, 5) is 0. The number of nitriles is 1. The van der Waals surface area contributed by atoms with Crippen molar-refractivity contribution in [3.8, 4) is 6.07 Å². The lowest BCUT2D eigenvalue weighted by Gasteiger charge is -2.09. The topological polar surface area (TPSA) is 56.4 Å². The second-order valence-corrected chi connectivity index (χ2v) is 3.95. The largest absolute Gasteiger partial charge is 0.410 e. The molecule has 0 atom stereocenters. The number of hydrogen-bond acceptors (Lipinski definition) is 3. The maximum Gasteiger partial charge on any atom is 0.105 e. The van der Waals surface area contributed by atoms with Crippen LogP contribution in [0.3, 0.4) is 0 Å². The Hall–Kier alpha value is -2.60. The van der Waals surface area contributed by atoms with Crippen molar-refractivity contribution < 1.29 is 5.21 Å². The molecule has 0 aliphatic heterocycles. The highest BCUT2D eigenvalue weighted by Crippen LogP contribution is 2.23. The number of oxime groups is 1. The SMILES string of the molecule is CC1=CC(=C(\C#N)c2ccccc2)/C=CC/1=N\O. The average molecular weight is 236 g/mol. The van der Waals surface area contributed by atoms with Gasteiger partial charge in [-0.1, -0.05) is 41.6 Å². The van der Waals surface area contributed by atoms with Crippen molar-refractivity contribution in [2.24, 2.45) is 5.16 Å². The molecule has 18 heavy (non-hydrogen) atoms. The first kappa shape index (κ1) is 11.9. The summed E-state index contributed by atoms with van der Waals surface area (Å²) in [6.45, 7) is 1.85. The van der Waals surface area contributed by atoms with E-state index in [1.54, 1.807) is 12.2 Å². The summed E-state index contributed by atoms with van der Waals surface area (Å²) in [7, 11) is 0. The molecule has 1 aromatic rings. The molecule has 1 N–H and O–H groups in total. The summed E-state index contributed by atoms with van der Waals surface area (Å²) >= 11 is 0. The van der Waals surface area contributed by atoms with Crippen LogP contribution in [0.4, 0.5) is 0 Å². The van der Waals surface area contributed by atoms with Crippen LogP contribution in [-0.4, -0.2) is 10.9 Å². The van der Waals surface area contributed by atoms with Gasteiger partial charge in [0.25, 0.3) is 0 Å². The Morgan fingerprint density at radius 2 is 1.94 bits per heavy atom. The van der Waals surface area contributed by atoms with Gasteiger partial charge in [-0.3, -0.25) is 0 Å². The molecule has 0 radical (unpaired) electrons. The predicted molar refractivity (Wildman–Crippen MR) is 71.1 cm³/mol. The van der Waals surface area contributed by atoms with Gasteiger partial charge in [-0.25, -0.2) is 0 Å². The summed E-state index contributed by atoms with van der Waals surface area (Å²) in [5.41, 5.74) is 3.67. The van der Waals surface area contributed by atoms with Crippen LogP contribution in [0, 0.1) is 11.3 Å². The lowest BCUT2D eigenvalue weighted by Crippen LogP contribution is -2.01. The van der Waals surface area contributed by atoms with E-state index < -0.39 is 0 Å². The highest BCUT2D eigenvalue weighted by molar-refractivity contribution is 6.10. The second kappa shape index (κ2) is 5.15. The van der Waals surface area contributed by atoms with Crippen LogP contribution >= 0.6 is 0 Å². The monoisotopic (exact) mass is 236 g/mol. The Kier molecular flexibility index (Phi) is 3.40. The number of rotatable bonds is 1. The Bertz CT molecular complexity index is 614. The van der Waals surface area contributed by atoms with Crippen molar-refractivity contribution >= 4 is 11.3 Å². The van der Waals surface area contributed by atoms with Crippen LogP contribution < -0.4 is 0 Å². The predicted octanol–water partition coefficient (Wildman–Crippen LogP) is 3.31. The van der Waals surface area contributed by atoms with Crippen molar-refractivity contribution in [1.29, 1.82) is 5.26 Å². The fourth-order valence-corrected chi connectivity index (χ4v) is 1.82. The van der Waals surface area contributed by atoms with Gasteiger partial charge >= 0.3 is 0 Å². The molecule has 88 valence electrons. The minimum atomic E-state index is 0.518. The first-order valence-electron chi connectivity index (χ1n) is 5.55. The van der Waals surface area contributed by atoms with Gasteiger partial charge in [-0.15, -0.1) is 0 Å². The molecule has 0 saturated heterocycles. The van der Waals surface area contributed by atoms with Gasteiger partial charge in [0.05, 0.1) is 5.57 Å². The van der Waals surface area contributed by atoms with E-state index in [1.165, 1.54) is 0 Å². The lowest BCUT2D eigenvalue weighted by molar-refractivity contribution is 0.319. The fourth-order valence-electron chi connectivity index (χ4n) is 1.82. The molecule has 1 aromatic carbocycles. The minimum Gasteiger partial charge on any atom is -0.410 e. The molecule has 3 heteroatoms. The molecular weight excluding hydrogens is 224 g/mol. The first-order chi connectivity index (χ1) is 8.76. The minimum absolute atomic E-state index is 0.518. The standard InChI is InChI=1S/C15H12N2O/c1-11-9-13(7-8-15(11)17-18)14(10-16)12-5-3-2-4-6-12/h2-9,18H,1H3/b14-13+,17-15+. The molecular formula is C15H12N2O. The number of nitrogens with zero attached hydrogens (tertiary/aromatic N) is 2. The van der Waals surface area contributed by atoms with Crippen molar-refractivity contribution in [2.75, 3.05) is 0 Å². The maximum absolute atomic E-state index is 9.29. The van der Waals surface area contributed by atoms with E-state index in [0.717, 1.165) is 16.7 Å². The molecule has 3 nitrogen and oxygen atoms in total. The summed E-state index contributed by atoms with van der Waals surface area (Å²) < 4.78 is 0. The molecule has 0 aromatic heterocycles. The second-order valence-electron chi connectivity index (χ2n) is 3.95.